The van der Waals surface area contributed by atoms with E-state index < -0.39 is 5.92 Å². The average molecular weight is 366 g/mol. The molecule has 0 aliphatic heterocycles. The van der Waals surface area contributed by atoms with Gasteiger partial charge >= 0.3 is 0 Å². The van der Waals surface area contributed by atoms with Crippen LogP contribution in [-0.2, 0) is 25.8 Å². The Bertz CT molecular complexity index is 833. The van der Waals surface area contributed by atoms with Crippen molar-refractivity contribution in [3.05, 3.63) is 52.1 Å². The van der Waals surface area contributed by atoms with E-state index in [4.69, 9.17) is 0 Å². The zero-order valence-corrected chi connectivity index (χ0v) is 15.8. The largest absolute Gasteiger partial charge is 0.507 e. The predicted octanol–water partition coefficient (Wildman–Crippen LogP) is 5.28. The second kappa shape index (κ2) is 7.56. The van der Waals surface area contributed by atoms with Crippen molar-refractivity contribution in [1.82, 2.24) is 9.78 Å². The molecule has 26 heavy (non-hydrogen) atoms. The van der Waals surface area contributed by atoms with E-state index in [1.165, 1.54) is 16.8 Å². The summed E-state index contributed by atoms with van der Waals surface area (Å²) in [4.78, 5) is 0. The van der Waals surface area contributed by atoms with Crippen LogP contribution in [0.15, 0.2) is 18.2 Å². The Balaban J connectivity index is 2.31. The number of hydrogen-bond donors (Lipinski definition) is 1. The highest BCUT2D eigenvalue weighted by Crippen LogP contribution is 2.34. The van der Waals surface area contributed by atoms with Crippen molar-refractivity contribution in [3.8, 4) is 5.75 Å². The third kappa shape index (κ3) is 3.94. The van der Waals surface area contributed by atoms with Crippen molar-refractivity contribution in [2.45, 2.75) is 52.9 Å². The van der Waals surface area contributed by atoms with Crippen LogP contribution in [0.25, 0.3) is 5.57 Å². The van der Waals surface area contributed by atoms with Gasteiger partial charge in [-0.3, -0.25) is 4.68 Å². The first-order chi connectivity index (χ1) is 12.1. The number of aryl methyl sites for hydroxylation is 3. The Morgan fingerprint density at radius 3 is 2.46 bits per heavy atom. The van der Waals surface area contributed by atoms with Crippen LogP contribution in [0.2, 0.25) is 0 Å². The monoisotopic (exact) mass is 366 g/mol. The highest BCUT2D eigenvalue weighted by molar-refractivity contribution is 5.73. The van der Waals surface area contributed by atoms with E-state index in [1.54, 1.807) is 14.0 Å². The summed E-state index contributed by atoms with van der Waals surface area (Å²) in [5, 5.41) is 14.2. The molecule has 6 heteroatoms. The zero-order chi connectivity index (χ0) is 19.6. The number of nitrogens with zero attached hydrogens (tertiary/aromatic N) is 2. The molecule has 1 N–H and O–H groups in total. The molecule has 0 bridgehead atoms. The molecule has 0 aliphatic rings. The van der Waals surface area contributed by atoms with Gasteiger partial charge in [-0.15, -0.1) is 0 Å². The van der Waals surface area contributed by atoms with Crippen LogP contribution >= 0.6 is 0 Å². The number of hydrogen-bond acceptors (Lipinski definition) is 2. The Morgan fingerprint density at radius 1 is 1.31 bits per heavy atom. The molecule has 2 aromatic rings. The van der Waals surface area contributed by atoms with E-state index in [0.29, 0.717) is 35.2 Å². The predicted molar refractivity (Wildman–Crippen MR) is 96.9 cm³/mol. The molecule has 3 nitrogen and oxygen atoms in total. The van der Waals surface area contributed by atoms with Gasteiger partial charge in [0.1, 0.15) is 17.3 Å². The van der Waals surface area contributed by atoms with Crippen LogP contribution in [-0.4, -0.2) is 14.9 Å². The molecule has 2 rings (SSSR count). The topological polar surface area (TPSA) is 38.1 Å². The molecule has 1 heterocycles. The molecule has 0 amide bonds. The highest BCUT2D eigenvalue weighted by atomic mass is 19.3. The summed E-state index contributed by atoms with van der Waals surface area (Å²) in [6, 6.07) is 2.77. The molecule has 0 radical (unpaired) electrons. The van der Waals surface area contributed by atoms with Gasteiger partial charge in [0.2, 0.25) is 0 Å². The van der Waals surface area contributed by atoms with Crippen molar-refractivity contribution in [1.29, 1.82) is 0 Å². The van der Waals surface area contributed by atoms with E-state index in [-0.39, 0.29) is 23.7 Å². The molecule has 0 saturated carbocycles. The minimum Gasteiger partial charge on any atom is -0.507 e. The molecule has 0 atom stereocenters. The Kier molecular flexibility index (Phi) is 5.84. The Labute approximate surface area is 152 Å². The summed E-state index contributed by atoms with van der Waals surface area (Å²) < 4.78 is 43.0. The van der Waals surface area contributed by atoms with Gasteiger partial charge in [0.05, 0.1) is 0 Å². The number of alkyl halides is 2. The van der Waals surface area contributed by atoms with E-state index in [0.717, 1.165) is 12.5 Å². The fourth-order valence-electron chi connectivity index (χ4n) is 3.17. The third-order valence-corrected chi connectivity index (χ3v) is 4.68. The van der Waals surface area contributed by atoms with Gasteiger partial charge in [-0.2, -0.15) is 13.9 Å². The van der Waals surface area contributed by atoms with E-state index in [9.17, 15) is 18.3 Å². The second-order valence-corrected chi connectivity index (χ2v) is 6.57. The first kappa shape index (κ1) is 20.1. The van der Waals surface area contributed by atoms with Gasteiger partial charge in [0.15, 0.2) is 0 Å². The van der Waals surface area contributed by atoms with Gasteiger partial charge in [-0.1, -0.05) is 13.0 Å². The molecular formula is C20H25F3N2O. The molecule has 0 fully saturated rings. The maximum absolute atomic E-state index is 14.8. The molecule has 142 valence electrons. The quantitative estimate of drug-likeness (QED) is 0.755. The highest BCUT2D eigenvalue weighted by Gasteiger charge is 2.28. The van der Waals surface area contributed by atoms with Gasteiger partial charge in [-0.05, 0) is 61.9 Å². The van der Waals surface area contributed by atoms with E-state index >= 15 is 0 Å². The van der Waals surface area contributed by atoms with Crippen LogP contribution in [0.3, 0.4) is 0 Å². The van der Waals surface area contributed by atoms with Gasteiger partial charge < -0.3 is 5.11 Å². The Morgan fingerprint density at radius 2 is 1.96 bits per heavy atom. The fourth-order valence-corrected chi connectivity index (χ4v) is 3.17. The smallest absolute Gasteiger partial charge is 0.288 e. The number of phenols is 1. The van der Waals surface area contributed by atoms with Crippen molar-refractivity contribution >= 4 is 5.57 Å². The lowest BCUT2D eigenvalue weighted by Gasteiger charge is -2.15. The number of halogens is 3. The lowest BCUT2D eigenvalue weighted by Crippen LogP contribution is -2.08. The molecular weight excluding hydrogens is 341 g/mol. The minimum atomic E-state index is -3.01. The third-order valence-electron chi connectivity index (χ3n) is 4.68. The van der Waals surface area contributed by atoms with Crippen molar-refractivity contribution in [3.63, 3.8) is 0 Å². The van der Waals surface area contributed by atoms with Gasteiger partial charge in [0, 0.05) is 25.2 Å². The lowest BCUT2D eigenvalue weighted by atomic mass is 9.93. The van der Waals surface area contributed by atoms with E-state index in [1.807, 2.05) is 19.9 Å². The Hall–Kier alpha value is -2.24. The van der Waals surface area contributed by atoms with E-state index in [2.05, 4.69) is 5.10 Å². The van der Waals surface area contributed by atoms with Crippen molar-refractivity contribution in [2.75, 3.05) is 0 Å². The maximum Gasteiger partial charge on any atom is 0.288 e. The SMILES string of the molecule is C/C=C(/CC)c1c(O)cc(CCc2cc(C(C)(F)F)nn2C)c(F)c1C. The summed E-state index contributed by atoms with van der Waals surface area (Å²) >= 11 is 0. The van der Waals surface area contributed by atoms with Crippen LogP contribution < -0.4 is 0 Å². The van der Waals surface area contributed by atoms with Gasteiger partial charge in [-0.25, -0.2) is 4.39 Å². The molecule has 0 saturated heterocycles. The molecule has 0 spiro atoms. The van der Waals surface area contributed by atoms with Crippen LogP contribution in [0.5, 0.6) is 5.75 Å². The number of aromatic hydroxyl groups is 1. The van der Waals surface area contributed by atoms with Crippen LogP contribution in [0.4, 0.5) is 13.2 Å². The number of benzene rings is 1. The van der Waals surface area contributed by atoms with Crippen molar-refractivity contribution < 1.29 is 18.3 Å². The summed E-state index contributed by atoms with van der Waals surface area (Å²) in [5.74, 6) is -3.34. The number of aromatic nitrogens is 2. The number of phenolic OH excluding ortho intramolecular Hbond substituents is 1. The summed E-state index contributed by atoms with van der Waals surface area (Å²) in [5.41, 5.74) is 2.47. The maximum atomic E-state index is 14.8. The standard InChI is InChI=1S/C20H25F3N2O/c1-6-13(7-2)18-12(3)19(21)14(10-16(18)26)8-9-15-11-17(20(4,22)23)24-25(15)5/h6,10-11,26H,7-9H2,1-5H3/b13-6-. The number of allylic oxidation sites excluding steroid dienone is 2. The van der Waals surface area contributed by atoms with Crippen LogP contribution in [0.1, 0.15) is 55.3 Å². The molecule has 1 aromatic carbocycles. The molecule has 1 aromatic heterocycles. The first-order valence-corrected chi connectivity index (χ1v) is 8.67. The summed E-state index contributed by atoms with van der Waals surface area (Å²) in [6.45, 7) is 6.24. The zero-order valence-electron chi connectivity index (χ0n) is 15.8. The number of rotatable bonds is 6. The fraction of sp³-hybridized carbons (Fsp3) is 0.450. The van der Waals surface area contributed by atoms with Crippen molar-refractivity contribution in [2.24, 2.45) is 7.05 Å². The lowest BCUT2D eigenvalue weighted by molar-refractivity contribution is 0.0122. The van der Waals surface area contributed by atoms with Gasteiger partial charge in [0.25, 0.3) is 5.92 Å². The normalized spacial score (nSPS) is 12.7. The first-order valence-electron chi connectivity index (χ1n) is 8.67. The second-order valence-electron chi connectivity index (χ2n) is 6.57. The van der Waals surface area contributed by atoms with Crippen LogP contribution in [0, 0.1) is 12.7 Å². The molecule has 0 unspecified atom stereocenters. The summed E-state index contributed by atoms with van der Waals surface area (Å²) in [6.07, 6.45) is 3.18. The summed E-state index contributed by atoms with van der Waals surface area (Å²) in [7, 11) is 1.59. The minimum absolute atomic E-state index is 0.0413. The average Bonchev–Trinajstić information content (AvgIpc) is 2.95. The molecule has 0 aliphatic carbocycles.